The molecule has 5 heteroatoms. The lowest BCUT2D eigenvalue weighted by atomic mass is 9.91. The molecule has 2 aromatic carbocycles. The van der Waals surface area contributed by atoms with Crippen molar-refractivity contribution in [1.29, 1.82) is 0 Å². The number of pyridine rings is 1. The smallest absolute Gasteiger partial charge is 0.254 e. The SMILES string of the molecule is O=C(c1ccccc1Cn1cccn1)N1CCCC(Cc2ccnc3ccccc23)CC1. The average Bonchev–Trinajstić information content (AvgIpc) is 3.23. The molecule has 1 fully saturated rings. The molecule has 1 saturated heterocycles. The average molecular weight is 425 g/mol. The topological polar surface area (TPSA) is 51.0 Å². The Kier molecular flexibility index (Phi) is 5.97. The molecule has 4 aromatic rings. The Labute approximate surface area is 188 Å². The van der Waals surface area contributed by atoms with E-state index >= 15 is 0 Å². The molecule has 1 aliphatic heterocycles. The molecule has 1 atom stereocenters. The number of amides is 1. The van der Waals surface area contributed by atoms with Crippen LogP contribution in [0.4, 0.5) is 0 Å². The number of hydrogen-bond donors (Lipinski definition) is 0. The Hall–Kier alpha value is -3.47. The van der Waals surface area contributed by atoms with Crippen LogP contribution in [0.1, 0.15) is 40.7 Å². The first-order valence-corrected chi connectivity index (χ1v) is 11.4. The number of nitrogens with zero attached hydrogens (tertiary/aromatic N) is 4. The maximum Gasteiger partial charge on any atom is 0.254 e. The second kappa shape index (κ2) is 9.35. The lowest BCUT2D eigenvalue weighted by Crippen LogP contribution is -2.33. The molecule has 5 rings (SSSR count). The number of likely N-dealkylation sites (tertiary alicyclic amines) is 1. The number of para-hydroxylation sites is 1. The van der Waals surface area contributed by atoms with Crippen molar-refractivity contribution in [1.82, 2.24) is 19.7 Å². The van der Waals surface area contributed by atoms with E-state index in [1.807, 2.05) is 58.4 Å². The molecule has 1 aliphatic rings. The van der Waals surface area contributed by atoms with E-state index in [2.05, 4.69) is 34.3 Å². The van der Waals surface area contributed by atoms with E-state index in [4.69, 9.17) is 0 Å². The van der Waals surface area contributed by atoms with E-state index in [9.17, 15) is 4.79 Å². The number of benzene rings is 2. The summed E-state index contributed by atoms with van der Waals surface area (Å²) in [6.45, 7) is 2.24. The van der Waals surface area contributed by atoms with Gasteiger partial charge in [0.2, 0.25) is 0 Å². The van der Waals surface area contributed by atoms with Crippen LogP contribution in [0.5, 0.6) is 0 Å². The maximum absolute atomic E-state index is 13.4. The molecule has 32 heavy (non-hydrogen) atoms. The number of aromatic nitrogens is 3. The van der Waals surface area contributed by atoms with Crippen LogP contribution < -0.4 is 0 Å². The molecule has 5 nitrogen and oxygen atoms in total. The molecule has 2 aromatic heterocycles. The molecule has 1 amide bonds. The van der Waals surface area contributed by atoms with Crippen LogP contribution >= 0.6 is 0 Å². The Morgan fingerprint density at radius 1 is 0.906 bits per heavy atom. The summed E-state index contributed by atoms with van der Waals surface area (Å²) in [7, 11) is 0. The highest BCUT2D eigenvalue weighted by Gasteiger charge is 2.23. The minimum atomic E-state index is 0.141. The van der Waals surface area contributed by atoms with Crippen molar-refractivity contribution in [2.75, 3.05) is 13.1 Å². The van der Waals surface area contributed by atoms with E-state index in [0.29, 0.717) is 12.5 Å². The highest BCUT2D eigenvalue weighted by molar-refractivity contribution is 5.95. The van der Waals surface area contributed by atoms with E-state index in [-0.39, 0.29) is 5.91 Å². The predicted octanol–water partition coefficient (Wildman–Crippen LogP) is 4.96. The molecular weight excluding hydrogens is 396 g/mol. The second-order valence-electron chi connectivity index (χ2n) is 8.64. The van der Waals surface area contributed by atoms with Gasteiger partial charge in [0.05, 0.1) is 12.1 Å². The van der Waals surface area contributed by atoms with Gasteiger partial charge in [0.15, 0.2) is 0 Å². The molecule has 0 N–H and O–H groups in total. The zero-order valence-electron chi connectivity index (χ0n) is 18.2. The van der Waals surface area contributed by atoms with Crippen molar-refractivity contribution >= 4 is 16.8 Å². The van der Waals surface area contributed by atoms with Crippen molar-refractivity contribution in [3.05, 3.63) is 95.9 Å². The van der Waals surface area contributed by atoms with Crippen LogP contribution in [0.25, 0.3) is 10.9 Å². The van der Waals surface area contributed by atoms with Gasteiger partial charge in [-0.1, -0.05) is 36.4 Å². The fraction of sp³-hybridized carbons (Fsp3) is 0.296. The summed E-state index contributed by atoms with van der Waals surface area (Å²) in [5.74, 6) is 0.723. The van der Waals surface area contributed by atoms with Gasteiger partial charge in [-0.3, -0.25) is 14.5 Å². The fourth-order valence-corrected chi connectivity index (χ4v) is 4.82. The van der Waals surface area contributed by atoms with Gasteiger partial charge >= 0.3 is 0 Å². The van der Waals surface area contributed by atoms with Crippen LogP contribution in [0.15, 0.2) is 79.3 Å². The Morgan fingerprint density at radius 2 is 1.78 bits per heavy atom. The van der Waals surface area contributed by atoms with Crippen molar-refractivity contribution in [2.24, 2.45) is 5.92 Å². The van der Waals surface area contributed by atoms with Gasteiger partial charge in [0, 0.05) is 42.6 Å². The van der Waals surface area contributed by atoms with Crippen molar-refractivity contribution in [3.63, 3.8) is 0 Å². The molecule has 0 spiro atoms. The zero-order chi connectivity index (χ0) is 21.8. The standard InChI is InChI=1S/C27H28N4O/c32-27(25-10-2-1-8-23(25)20-31-17-6-14-29-31)30-16-5-7-21(13-18-30)19-22-12-15-28-26-11-4-3-9-24(22)26/h1-4,6,8-12,14-15,17,21H,5,7,13,16,18-20H2. The molecule has 0 radical (unpaired) electrons. The summed E-state index contributed by atoms with van der Waals surface area (Å²) >= 11 is 0. The molecule has 0 bridgehead atoms. The first-order chi connectivity index (χ1) is 15.8. The minimum Gasteiger partial charge on any atom is -0.339 e. The molecule has 0 aliphatic carbocycles. The Balaban J connectivity index is 1.28. The normalized spacial score (nSPS) is 16.8. The highest BCUT2D eigenvalue weighted by Crippen LogP contribution is 2.26. The number of hydrogen-bond acceptors (Lipinski definition) is 3. The van der Waals surface area contributed by atoms with Gasteiger partial charge in [0.1, 0.15) is 0 Å². The third-order valence-electron chi connectivity index (χ3n) is 6.52. The number of carbonyl (C=O) groups is 1. The van der Waals surface area contributed by atoms with Crippen molar-refractivity contribution < 1.29 is 4.79 Å². The van der Waals surface area contributed by atoms with Crippen LogP contribution in [0.3, 0.4) is 0 Å². The largest absolute Gasteiger partial charge is 0.339 e. The quantitative estimate of drug-likeness (QED) is 0.455. The Morgan fingerprint density at radius 3 is 2.69 bits per heavy atom. The summed E-state index contributed by atoms with van der Waals surface area (Å²) in [4.78, 5) is 20.0. The predicted molar refractivity (Wildman–Crippen MR) is 126 cm³/mol. The van der Waals surface area contributed by atoms with Crippen LogP contribution in [-0.4, -0.2) is 38.7 Å². The summed E-state index contributed by atoms with van der Waals surface area (Å²) in [5.41, 5.74) is 4.24. The number of fused-ring (bicyclic) bond motifs is 1. The summed E-state index contributed by atoms with van der Waals surface area (Å²) < 4.78 is 1.86. The van der Waals surface area contributed by atoms with Gasteiger partial charge in [-0.05, 0) is 67.0 Å². The van der Waals surface area contributed by atoms with Gasteiger partial charge in [-0.15, -0.1) is 0 Å². The van der Waals surface area contributed by atoms with Crippen molar-refractivity contribution in [2.45, 2.75) is 32.2 Å². The summed E-state index contributed by atoms with van der Waals surface area (Å²) in [6.07, 6.45) is 9.88. The molecule has 1 unspecified atom stereocenters. The number of rotatable bonds is 5. The molecule has 162 valence electrons. The monoisotopic (exact) mass is 424 g/mol. The van der Waals surface area contributed by atoms with Gasteiger partial charge in [-0.25, -0.2) is 0 Å². The second-order valence-corrected chi connectivity index (χ2v) is 8.64. The molecular formula is C27H28N4O. The van der Waals surface area contributed by atoms with Gasteiger partial charge in [0.25, 0.3) is 5.91 Å². The van der Waals surface area contributed by atoms with Crippen LogP contribution in [-0.2, 0) is 13.0 Å². The van der Waals surface area contributed by atoms with Crippen molar-refractivity contribution in [3.8, 4) is 0 Å². The molecule has 3 heterocycles. The van der Waals surface area contributed by atoms with Crippen LogP contribution in [0, 0.1) is 5.92 Å². The zero-order valence-corrected chi connectivity index (χ0v) is 18.2. The minimum absolute atomic E-state index is 0.141. The first kappa shape index (κ1) is 20.4. The van der Waals surface area contributed by atoms with Crippen LogP contribution in [0.2, 0.25) is 0 Å². The van der Waals surface area contributed by atoms with E-state index in [1.54, 1.807) is 6.20 Å². The highest BCUT2D eigenvalue weighted by atomic mass is 16.2. The van der Waals surface area contributed by atoms with E-state index < -0.39 is 0 Å². The van der Waals surface area contributed by atoms with E-state index in [0.717, 1.165) is 55.4 Å². The lowest BCUT2D eigenvalue weighted by molar-refractivity contribution is 0.0758. The fourth-order valence-electron chi connectivity index (χ4n) is 4.82. The summed E-state index contributed by atoms with van der Waals surface area (Å²) in [5, 5.41) is 5.55. The third-order valence-corrected chi connectivity index (χ3v) is 6.52. The number of carbonyl (C=O) groups excluding carboxylic acids is 1. The molecule has 0 saturated carbocycles. The maximum atomic E-state index is 13.4. The third kappa shape index (κ3) is 4.42. The lowest BCUT2D eigenvalue weighted by Gasteiger charge is -2.22. The summed E-state index contributed by atoms with van der Waals surface area (Å²) in [6, 6.07) is 20.4. The van der Waals surface area contributed by atoms with Gasteiger partial charge < -0.3 is 4.90 Å². The first-order valence-electron chi connectivity index (χ1n) is 11.4. The Bertz CT molecular complexity index is 1200. The van der Waals surface area contributed by atoms with Gasteiger partial charge in [-0.2, -0.15) is 5.10 Å². The van der Waals surface area contributed by atoms with E-state index in [1.165, 1.54) is 10.9 Å².